The third-order valence-electron chi connectivity index (χ3n) is 2.89. The number of carbonyl (C=O) groups is 1. The molecule has 6 heteroatoms. The smallest absolute Gasteiger partial charge is 0.260 e. The van der Waals surface area contributed by atoms with Crippen LogP contribution in [0.15, 0.2) is 18.3 Å². The molecule has 1 N–H and O–H groups in total. The van der Waals surface area contributed by atoms with Crippen LogP contribution in [0.1, 0.15) is 26.2 Å². The van der Waals surface area contributed by atoms with E-state index in [1.54, 1.807) is 6.07 Å². The molecule has 0 saturated heterocycles. The molecule has 1 heterocycles. The number of amides is 1. The highest BCUT2D eigenvalue weighted by atomic mass is 19.3. The van der Waals surface area contributed by atoms with Gasteiger partial charge in [0.05, 0.1) is 6.61 Å². The molecule has 1 atom stereocenters. The molecule has 1 aliphatic carbocycles. The summed E-state index contributed by atoms with van der Waals surface area (Å²) in [7, 11) is 0. The minimum absolute atomic E-state index is 0.238. The Kier molecular flexibility index (Phi) is 3.97. The summed E-state index contributed by atoms with van der Waals surface area (Å²) >= 11 is 0. The van der Waals surface area contributed by atoms with Crippen LogP contribution < -0.4 is 10.1 Å². The Bertz CT molecular complexity index is 466. The second-order valence-corrected chi connectivity index (χ2v) is 4.59. The van der Waals surface area contributed by atoms with Crippen molar-refractivity contribution in [2.75, 3.05) is 11.9 Å². The average Bonchev–Trinajstić information content (AvgIpc) is 3.00. The van der Waals surface area contributed by atoms with Crippen LogP contribution in [0, 0.1) is 5.92 Å². The number of anilines is 1. The van der Waals surface area contributed by atoms with Crippen molar-refractivity contribution in [3.8, 4) is 5.75 Å². The van der Waals surface area contributed by atoms with Crippen molar-refractivity contribution in [2.24, 2.45) is 5.92 Å². The molecule has 1 aromatic heterocycles. The number of rotatable bonds is 6. The molecule has 4 nitrogen and oxygen atoms in total. The normalized spacial score (nSPS) is 19.8. The van der Waals surface area contributed by atoms with E-state index in [9.17, 15) is 13.6 Å². The fourth-order valence-electron chi connectivity index (χ4n) is 1.61. The van der Waals surface area contributed by atoms with Gasteiger partial charge in [-0.15, -0.1) is 0 Å². The molecule has 0 spiro atoms. The van der Waals surface area contributed by atoms with E-state index < -0.39 is 17.7 Å². The molecule has 104 valence electrons. The number of pyridine rings is 1. The molecule has 2 rings (SSSR count). The number of nitrogens with one attached hydrogen (secondary N) is 1. The Balaban J connectivity index is 1.90. The lowest BCUT2D eigenvalue weighted by atomic mass is 10.3. The van der Waals surface area contributed by atoms with Gasteiger partial charge in [0.15, 0.2) is 0 Å². The predicted octanol–water partition coefficient (Wildman–Crippen LogP) is 2.85. The Hall–Kier alpha value is -1.72. The number of carbonyl (C=O) groups excluding carboxylic acids is 1. The second kappa shape index (κ2) is 5.50. The van der Waals surface area contributed by atoms with Gasteiger partial charge in [-0.1, -0.05) is 13.3 Å². The first-order chi connectivity index (χ1) is 9.03. The minimum Gasteiger partial charge on any atom is -0.493 e. The number of nitrogens with zero attached hydrogens (tertiary/aromatic N) is 1. The zero-order valence-corrected chi connectivity index (χ0v) is 10.7. The Morgan fingerprint density at radius 1 is 1.63 bits per heavy atom. The summed E-state index contributed by atoms with van der Waals surface area (Å²) < 4.78 is 30.9. The van der Waals surface area contributed by atoms with E-state index in [0.717, 1.165) is 12.8 Å². The lowest BCUT2D eigenvalue weighted by Crippen LogP contribution is -2.18. The quantitative estimate of drug-likeness (QED) is 0.809. The monoisotopic (exact) mass is 270 g/mol. The molecule has 0 radical (unpaired) electrons. The van der Waals surface area contributed by atoms with Crippen molar-refractivity contribution < 1.29 is 18.3 Å². The molecule has 0 aliphatic heterocycles. The van der Waals surface area contributed by atoms with Gasteiger partial charge < -0.3 is 10.1 Å². The van der Waals surface area contributed by atoms with E-state index in [4.69, 9.17) is 4.74 Å². The summed E-state index contributed by atoms with van der Waals surface area (Å²) in [6.07, 6.45) is 3.04. The average molecular weight is 270 g/mol. The summed E-state index contributed by atoms with van der Waals surface area (Å²) in [6, 6.07) is 3.20. The zero-order valence-electron chi connectivity index (χ0n) is 10.7. The number of hydrogen-bond acceptors (Lipinski definition) is 3. The molecule has 1 fully saturated rings. The van der Waals surface area contributed by atoms with Crippen LogP contribution in [0.2, 0.25) is 0 Å². The number of ether oxygens (including phenoxy) is 1. The van der Waals surface area contributed by atoms with E-state index >= 15 is 0 Å². The van der Waals surface area contributed by atoms with Gasteiger partial charge in [-0.3, -0.25) is 4.79 Å². The number of alkyl halides is 2. The largest absolute Gasteiger partial charge is 0.493 e. The van der Waals surface area contributed by atoms with Crippen LogP contribution >= 0.6 is 0 Å². The van der Waals surface area contributed by atoms with Crippen molar-refractivity contribution in [3.05, 3.63) is 18.3 Å². The highest BCUT2D eigenvalue weighted by Crippen LogP contribution is 2.49. The molecule has 1 aromatic rings. The minimum atomic E-state index is -2.86. The SMILES string of the molecule is CCCCOc1ccnc(NC(=O)C2CC2(F)F)c1. The Morgan fingerprint density at radius 2 is 2.37 bits per heavy atom. The Morgan fingerprint density at radius 3 is 3.00 bits per heavy atom. The predicted molar refractivity (Wildman–Crippen MR) is 66.3 cm³/mol. The maximum atomic E-state index is 12.7. The van der Waals surface area contributed by atoms with Gasteiger partial charge in [-0.2, -0.15) is 0 Å². The maximum absolute atomic E-state index is 12.7. The topological polar surface area (TPSA) is 51.2 Å². The highest BCUT2D eigenvalue weighted by Gasteiger charge is 2.61. The summed E-state index contributed by atoms with van der Waals surface area (Å²) in [5.41, 5.74) is 0. The maximum Gasteiger partial charge on any atom is 0.260 e. The summed E-state index contributed by atoms with van der Waals surface area (Å²) in [4.78, 5) is 15.4. The first-order valence-electron chi connectivity index (χ1n) is 6.30. The molecule has 0 bridgehead atoms. The van der Waals surface area contributed by atoms with Crippen LogP contribution in [0.5, 0.6) is 5.75 Å². The van der Waals surface area contributed by atoms with Gasteiger partial charge in [-0.25, -0.2) is 13.8 Å². The molecular weight excluding hydrogens is 254 g/mol. The van der Waals surface area contributed by atoms with Crippen LogP contribution in [-0.2, 0) is 4.79 Å². The fourth-order valence-corrected chi connectivity index (χ4v) is 1.61. The van der Waals surface area contributed by atoms with Gasteiger partial charge in [0.1, 0.15) is 17.5 Å². The third kappa shape index (κ3) is 3.62. The number of aromatic nitrogens is 1. The summed E-state index contributed by atoms with van der Waals surface area (Å²) in [6.45, 7) is 2.63. The van der Waals surface area contributed by atoms with Gasteiger partial charge in [-0.05, 0) is 12.5 Å². The van der Waals surface area contributed by atoms with E-state index in [1.807, 2.05) is 0 Å². The molecule has 1 amide bonds. The first kappa shape index (κ1) is 13.7. The third-order valence-corrected chi connectivity index (χ3v) is 2.89. The number of hydrogen-bond donors (Lipinski definition) is 1. The molecule has 1 unspecified atom stereocenters. The van der Waals surface area contributed by atoms with E-state index in [2.05, 4.69) is 17.2 Å². The van der Waals surface area contributed by atoms with E-state index in [0.29, 0.717) is 12.4 Å². The number of halogens is 2. The van der Waals surface area contributed by atoms with Crippen LogP contribution in [-0.4, -0.2) is 23.4 Å². The highest BCUT2D eigenvalue weighted by molar-refractivity contribution is 5.94. The molecule has 1 aliphatic rings. The standard InChI is InChI=1S/C13H16F2N2O2/c1-2-3-6-19-9-4-5-16-11(7-9)17-12(18)10-8-13(10,14)15/h4-5,7,10H,2-3,6,8H2,1H3,(H,16,17,18). The van der Waals surface area contributed by atoms with Gasteiger partial charge in [0, 0.05) is 18.7 Å². The van der Waals surface area contributed by atoms with Gasteiger partial charge >= 0.3 is 0 Å². The number of unbranched alkanes of at least 4 members (excludes halogenated alkanes) is 1. The lowest BCUT2D eigenvalue weighted by Gasteiger charge is -2.07. The summed E-state index contributed by atoms with van der Waals surface area (Å²) in [5, 5.41) is 2.38. The summed E-state index contributed by atoms with van der Waals surface area (Å²) in [5.74, 6) is -3.97. The Labute approximate surface area is 110 Å². The first-order valence-corrected chi connectivity index (χ1v) is 6.30. The van der Waals surface area contributed by atoms with E-state index in [-0.39, 0.29) is 12.2 Å². The van der Waals surface area contributed by atoms with E-state index in [1.165, 1.54) is 12.3 Å². The van der Waals surface area contributed by atoms with Crippen LogP contribution in [0.3, 0.4) is 0 Å². The van der Waals surface area contributed by atoms with Crippen molar-refractivity contribution in [1.82, 2.24) is 4.98 Å². The molecule has 19 heavy (non-hydrogen) atoms. The van der Waals surface area contributed by atoms with Crippen molar-refractivity contribution in [2.45, 2.75) is 32.1 Å². The zero-order chi connectivity index (χ0) is 13.9. The lowest BCUT2D eigenvalue weighted by molar-refractivity contribution is -0.119. The molecule has 1 saturated carbocycles. The van der Waals surface area contributed by atoms with Crippen molar-refractivity contribution in [1.29, 1.82) is 0 Å². The molecule has 0 aromatic carbocycles. The van der Waals surface area contributed by atoms with Crippen LogP contribution in [0.4, 0.5) is 14.6 Å². The van der Waals surface area contributed by atoms with Crippen LogP contribution in [0.25, 0.3) is 0 Å². The van der Waals surface area contributed by atoms with Gasteiger partial charge in [0.2, 0.25) is 5.91 Å². The van der Waals surface area contributed by atoms with Crippen molar-refractivity contribution in [3.63, 3.8) is 0 Å². The van der Waals surface area contributed by atoms with Crippen molar-refractivity contribution >= 4 is 11.7 Å². The molecular formula is C13H16F2N2O2. The second-order valence-electron chi connectivity index (χ2n) is 4.59. The fraction of sp³-hybridized carbons (Fsp3) is 0.538. The van der Waals surface area contributed by atoms with Gasteiger partial charge in [0.25, 0.3) is 5.92 Å².